The fourth-order valence-corrected chi connectivity index (χ4v) is 3.50. The second-order valence-corrected chi connectivity index (χ2v) is 6.56. The van der Waals surface area contributed by atoms with Gasteiger partial charge in [0.2, 0.25) is 0 Å². The number of carbonyl (C=O) groups excluding carboxylic acids is 1. The van der Waals surface area contributed by atoms with E-state index in [-0.39, 0.29) is 23.8 Å². The highest BCUT2D eigenvalue weighted by atomic mass is 35.5. The summed E-state index contributed by atoms with van der Waals surface area (Å²) >= 11 is 6.18. The summed E-state index contributed by atoms with van der Waals surface area (Å²) in [4.78, 5) is 12.5. The van der Waals surface area contributed by atoms with Crippen LogP contribution in [0.15, 0.2) is 65.1 Å². The van der Waals surface area contributed by atoms with Crippen LogP contribution in [0.2, 0.25) is 5.02 Å². The smallest absolute Gasteiger partial charge is 0.287 e. The van der Waals surface area contributed by atoms with Crippen molar-refractivity contribution >= 4 is 17.5 Å². The molecule has 4 rings (SSSR count). The van der Waals surface area contributed by atoms with Crippen molar-refractivity contribution in [2.75, 3.05) is 0 Å². The molecule has 0 spiro atoms. The van der Waals surface area contributed by atoms with Crippen molar-refractivity contribution in [3.63, 3.8) is 0 Å². The number of hydrogen-bond acceptors (Lipinski definition) is 3. The normalized spacial score (nSPS) is 18.8. The second kappa shape index (κ2) is 6.39. The van der Waals surface area contributed by atoms with Gasteiger partial charge in [-0.15, -0.1) is 0 Å². The molecular formula is C20H17ClN2O2. The highest BCUT2D eigenvalue weighted by molar-refractivity contribution is 6.33. The van der Waals surface area contributed by atoms with Crippen LogP contribution in [-0.2, 0) is 6.42 Å². The lowest BCUT2D eigenvalue weighted by atomic mass is 10.1. The van der Waals surface area contributed by atoms with Crippen molar-refractivity contribution in [1.29, 1.82) is 0 Å². The molecule has 0 saturated carbocycles. The third-order valence-electron chi connectivity index (χ3n) is 4.57. The Hall–Kier alpha value is -2.56. The van der Waals surface area contributed by atoms with Gasteiger partial charge in [-0.3, -0.25) is 4.79 Å². The van der Waals surface area contributed by atoms with Crippen LogP contribution in [0.4, 0.5) is 0 Å². The summed E-state index contributed by atoms with van der Waals surface area (Å²) in [5.74, 6) is 0.541. The summed E-state index contributed by atoms with van der Waals surface area (Å²) in [6.07, 6.45) is 0.723. The number of rotatable bonds is 3. The Morgan fingerprint density at radius 1 is 1.08 bits per heavy atom. The van der Waals surface area contributed by atoms with Gasteiger partial charge < -0.3 is 15.5 Å². The number of nitrogens with one attached hydrogen (secondary N) is 1. The third-order valence-corrected chi connectivity index (χ3v) is 4.90. The standard InChI is InChI=1S/C20H17ClN2O2/c21-15-8-4-3-7-14(15)17-9-10-18(25-17)20(24)23-16-11-12-5-1-2-6-13(12)19(16)22/h1-10,16,19H,11,22H2,(H,23,24). The van der Waals surface area contributed by atoms with E-state index in [4.69, 9.17) is 21.8 Å². The summed E-state index contributed by atoms with van der Waals surface area (Å²) in [5, 5.41) is 3.56. The molecule has 4 nitrogen and oxygen atoms in total. The molecule has 1 aliphatic rings. The second-order valence-electron chi connectivity index (χ2n) is 6.15. The van der Waals surface area contributed by atoms with Gasteiger partial charge in [-0.2, -0.15) is 0 Å². The molecule has 2 aromatic carbocycles. The van der Waals surface area contributed by atoms with Crippen LogP contribution in [0.1, 0.15) is 27.7 Å². The first-order chi connectivity index (χ1) is 12.1. The molecule has 3 aromatic rings. The number of carbonyl (C=O) groups is 1. The number of fused-ring (bicyclic) bond motifs is 1. The van der Waals surface area contributed by atoms with Crippen molar-refractivity contribution in [2.24, 2.45) is 5.73 Å². The predicted octanol–water partition coefficient (Wildman–Crippen LogP) is 3.95. The Morgan fingerprint density at radius 3 is 2.64 bits per heavy atom. The van der Waals surface area contributed by atoms with Gasteiger partial charge in [0.15, 0.2) is 5.76 Å². The highest BCUT2D eigenvalue weighted by Gasteiger charge is 2.31. The van der Waals surface area contributed by atoms with Crippen molar-refractivity contribution in [3.05, 3.63) is 82.6 Å². The van der Waals surface area contributed by atoms with Crippen LogP contribution in [0.25, 0.3) is 11.3 Å². The van der Waals surface area contributed by atoms with Crippen LogP contribution in [0.3, 0.4) is 0 Å². The quantitative estimate of drug-likeness (QED) is 0.749. The zero-order chi connectivity index (χ0) is 17.4. The lowest BCUT2D eigenvalue weighted by molar-refractivity contribution is 0.0906. The summed E-state index contributed by atoms with van der Waals surface area (Å²) in [6, 6.07) is 18.4. The summed E-state index contributed by atoms with van der Waals surface area (Å²) in [6.45, 7) is 0. The first-order valence-corrected chi connectivity index (χ1v) is 8.50. The topological polar surface area (TPSA) is 68.3 Å². The van der Waals surface area contributed by atoms with Crippen LogP contribution < -0.4 is 11.1 Å². The number of furan rings is 1. The Bertz CT molecular complexity index is 935. The molecule has 0 radical (unpaired) electrons. The first kappa shape index (κ1) is 15.9. The van der Waals surface area contributed by atoms with Crippen LogP contribution in [0, 0.1) is 0 Å². The molecular weight excluding hydrogens is 336 g/mol. The maximum Gasteiger partial charge on any atom is 0.287 e. The summed E-state index contributed by atoms with van der Waals surface area (Å²) in [5.41, 5.74) is 9.29. The third kappa shape index (κ3) is 2.95. The number of benzene rings is 2. The fraction of sp³-hybridized carbons (Fsp3) is 0.150. The van der Waals surface area contributed by atoms with Crippen molar-refractivity contribution in [3.8, 4) is 11.3 Å². The van der Waals surface area contributed by atoms with Gasteiger partial charge >= 0.3 is 0 Å². The maximum atomic E-state index is 12.5. The molecule has 2 unspecified atom stereocenters. The van der Waals surface area contributed by atoms with E-state index in [2.05, 4.69) is 5.32 Å². The van der Waals surface area contributed by atoms with E-state index >= 15 is 0 Å². The first-order valence-electron chi connectivity index (χ1n) is 8.12. The fourth-order valence-electron chi connectivity index (χ4n) is 3.27. The van der Waals surface area contributed by atoms with E-state index in [1.807, 2.05) is 42.5 Å². The average molecular weight is 353 g/mol. The molecule has 1 aromatic heterocycles. The molecule has 0 fully saturated rings. The molecule has 126 valence electrons. The van der Waals surface area contributed by atoms with Crippen molar-refractivity contribution in [1.82, 2.24) is 5.32 Å². The van der Waals surface area contributed by atoms with Gasteiger partial charge in [-0.1, -0.05) is 48.0 Å². The highest BCUT2D eigenvalue weighted by Crippen LogP contribution is 2.31. The van der Waals surface area contributed by atoms with E-state index in [1.54, 1.807) is 18.2 Å². The zero-order valence-corrected chi connectivity index (χ0v) is 14.2. The molecule has 1 heterocycles. The minimum Gasteiger partial charge on any atom is -0.451 e. The van der Waals surface area contributed by atoms with Crippen molar-refractivity contribution < 1.29 is 9.21 Å². The van der Waals surface area contributed by atoms with Gasteiger partial charge in [-0.05, 0) is 41.8 Å². The van der Waals surface area contributed by atoms with E-state index in [9.17, 15) is 4.79 Å². The zero-order valence-electron chi connectivity index (χ0n) is 13.4. The SMILES string of the molecule is NC1c2ccccc2CC1NC(=O)c1ccc(-c2ccccc2Cl)o1. The Morgan fingerprint density at radius 2 is 1.84 bits per heavy atom. The predicted molar refractivity (Wildman–Crippen MR) is 97.5 cm³/mol. The number of hydrogen-bond donors (Lipinski definition) is 2. The molecule has 5 heteroatoms. The van der Waals surface area contributed by atoms with Crippen LogP contribution in [-0.4, -0.2) is 11.9 Å². The van der Waals surface area contributed by atoms with E-state index in [0.29, 0.717) is 10.8 Å². The number of nitrogens with two attached hydrogens (primary N) is 1. The van der Waals surface area contributed by atoms with Crippen LogP contribution >= 0.6 is 11.6 Å². The largest absolute Gasteiger partial charge is 0.451 e. The molecule has 1 aliphatic carbocycles. The van der Waals surface area contributed by atoms with Gasteiger partial charge in [0.25, 0.3) is 5.91 Å². The monoisotopic (exact) mass is 352 g/mol. The van der Waals surface area contributed by atoms with Gasteiger partial charge in [-0.25, -0.2) is 0 Å². The van der Waals surface area contributed by atoms with Gasteiger partial charge in [0.1, 0.15) is 5.76 Å². The number of halogens is 1. The summed E-state index contributed by atoms with van der Waals surface area (Å²) in [7, 11) is 0. The van der Waals surface area contributed by atoms with Crippen molar-refractivity contribution in [2.45, 2.75) is 18.5 Å². The molecule has 0 bridgehead atoms. The van der Waals surface area contributed by atoms with E-state index in [1.165, 1.54) is 5.56 Å². The van der Waals surface area contributed by atoms with Crippen LogP contribution in [0.5, 0.6) is 0 Å². The Balaban J connectivity index is 1.51. The Labute approximate surface area is 150 Å². The maximum absolute atomic E-state index is 12.5. The van der Waals surface area contributed by atoms with E-state index < -0.39 is 0 Å². The Kier molecular flexibility index (Phi) is 4.07. The van der Waals surface area contributed by atoms with Gasteiger partial charge in [0, 0.05) is 5.56 Å². The van der Waals surface area contributed by atoms with Gasteiger partial charge in [0.05, 0.1) is 17.1 Å². The average Bonchev–Trinajstić information content (AvgIpc) is 3.22. The van der Waals surface area contributed by atoms with E-state index in [0.717, 1.165) is 17.5 Å². The number of amides is 1. The minimum absolute atomic E-state index is 0.140. The molecule has 3 N–H and O–H groups in total. The molecule has 1 amide bonds. The summed E-state index contributed by atoms with van der Waals surface area (Å²) < 4.78 is 5.70. The minimum atomic E-state index is -0.272. The lowest BCUT2D eigenvalue weighted by Crippen LogP contribution is -2.40. The molecule has 25 heavy (non-hydrogen) atoms. The molecule has 0 saturated heterocycles. The lowest BCUT2D eigenvalue weighted by Gasteiger charge is -2.17. The molecule has 0 aliphatic heterocycles. The molecule has 2 atom stereocenters.